The molecule has 2 aliphatic rings. The zero-order valence-electron chi connectivity index (χ0n) is 12.1. The van der Waals surface area contributed by atoms with Gasteiger partial charge in [-0.3, -0.25) is 0 Å². The molecule has 0 aromatic heterocycles. The maximum absolute atomic E-state index is 9.37. The zero-order chi connectivity index (χ0) is 15.4. The first kappa shape index (κ1) is 15.4. The number of hydrogen-bond acceptors (Lipinski definition) is 7. The molecule has 0 amide bonds. The van der Waals surface area contributed by atoms with Crippen LogP contribution in [0.3, 0.4) is 0 Å². The molecule has 7 heteroatoms. The monoisotopic (exact) mass is 312 g/mol. The van der Waals surface area contributed by atoms with Gasteiger partial charge < -0.3 is 33.9 Å². The molecular formula is C15H20O7. The van der Waals surface area contributed by atoms with E-state index >= 15 is 0 Å². The minimum absolute atomic E-state index is 0.0110. The van der Waals surface area contributed by atoms with E-state index in [0.29, 0.717) is 37.1 Å². The highest BCUT2D eigenvalue weighted by Crippen LogP contribution is 2.33. The SMILES string of the molecule is OCC(O)COc1ccc(OCC2CO2)cc1OCC1CO1. The Kier molecular flexibility index (Phi) is 4.99. The van der Waals surface area contributed by atoms with Gasteiger partial charge >= 0.3 is 0 Å². The molecule has 22 heavy (non-hydrogen) atoms. The molecule has 0 aliphatic carbocycles. The van der Waals surface area contributed by atoms with Crippen LogP contribution in [0.1, 0.15) is 0 Å². The Morgan fingerprint density at radius 1 is 1.05 bits per heavy atom. The van der Waals surface area contributed by atoms with Crippen LogP contribution in [0, 0.1) is 0 Å². The molecule has 7 nitrogen and oxygen atoms in total. The second kappa shape index (κ2) is 7.15. The smallest absolute Gasteiger partial charge is 0.165 e. The van der Waals surface area contributed by atoms with Crippen LogP contribution in [0.2, 0.25) is 0 Å². The molecule has 0 spiro atoms. The van der Waals surface area contributed by atoms with Gasteiger partial charge in [-0.05, 0) is 12.1 Å². The number of rotatable bonds is 10. The Labute approximate surface area is 128 Å². The second-order valence-electron chi connectivity index (χ2n) is 5.29. The van der Waals surface area contributed by atoms with Crippen molar-refractivity contribution in [1.29, 1.82) is 0 Å². The van der Waals surface area contributed by atoms with E-state index < -0.39 is 6.10 Å². The quantitative estimate of drug-likeness (QED) is 0.586. The van der Waals surface area contributed by atoms with Crippen molar-refractivity contribution in [3.05, 3.63) is 18.2 Å². The summed E-state index contributed by atoms with van der Waals surface area (Å²) in [4.78, 5) is 0. The van der Waals surface area contributed by atoms with Crippen molar-refractivity contribution in [2.75, 3.05) is 39.6 Å². The van der Waals surface area contributed by atoms with Gasteiger partial charge in [-0.1, -0.05) is 0 Å². The van der Waals surface area contributed by atoms with Crippen LogP contribution in [0.25, 0.3) is 0 Å². The van der Waals surface area contributed by atoms with Gasteiger partial charge in [0, 0.05) is 6.07 Å². The van der Waals surface area contributed by atoms with Crippen LogP contribution in [-0.2, 0) is 9.47 Å². The second-order valence-corrected chi connectivity index (χ2v) is 5.29. The molecule has 3 rings (SSSR count). The third kappa shape index (κ3) is 4.74. The predicted octanol–water partition coefficient (Wildman–Crippen LogP) is -0.0262. The summed E-state index contributed by atoms with van der Waals surface area (Å²) in [6.45, 7) is 2.03. The number of aliphatic hydroxyl groups excluding tert-OH is 2. The first-order valence-corrected chi connectivity index (χ1v) is 7.29. The first-order valence-electron chi connectivity index (χ1n) is 7.29. The van der Waals surface area contributed by atoms with Crippen LogP contribution in [0.5, 0.6) is 17.2 Å². The van der Waals surface area contributed by atoms with Gasteiger partial charge in [-0.2, -0.15) is 0 Å². The van der Waals surface area contributed by atoms with E-state index in [1.165, 1.54) is 0 Å². The molecule has 1 aromatic rings. The standard InChI is InChI=1S/C15H20O7/c16-4-10(17)5-21-14-2-1-11(18-6-12-7-19-12)3-15(14)22-9-13-8-20-13/h1-3,10,12-13,16-17H,4-9H2. The average Bonchev–Trinajstić information content (AvgIpc) is 3.43. The lowest BCUT2D eigenvalue weighted by molar-refractivity contribution is 0.0523. The number of epoxide rings is 2. The van der Waals surface area contributed by atoms with Crippen LogP contribution >= 0.6 is 0 Å². The summed E-state index contributed by atoms with van der Waals surface area (Å²) < 4.78 is 27.0. The third-order valence-electron chi connectivity index (χ3n) is 3.22. The van der Waals surface area contributed by atoms with Crippen LogP contribution in [0.4, 0.5) is 0 Å². The Morgan fingerprint density at radius 3 is 2.36 bits per heavy atom. The molecule has 2 N–H and O–H groups in total. The molecule has 0 bridgehead atoms. The van der Waals surface area contributed by atoms with Crippen molar-refractivity contribution in [2.45, 2.75) is 18.3 Å². The van der Waals surface area contributed by atoms with E-state index in [2.05, 4.69) is 0 Å². The van der Waals surface area contributed by atoms with E-state index in [1.807, 2.05) is 0 Å². The lowest BCUT2D eigenvalue weighted by Crippen LogP contribution is -2.21. The first-order chi connectivity index (χ1) is 10.7. The van der Waals surface area contributed by atoms with E-state index in [9.17, 15) is 5.11 Å². The maximum Gasteiger partial charge on any atom is 0.165 e. The number of hydrogen-bond donors (Lipinski definition) is 2. The molecule has 2 fully saturated rings. The Hall–Kier alpha value is -1.54. The molecule has 122 valence electrons. The van der Waals surface area contributed by atoms with E-state index in [1.54, 1.807) is 18.2 Å². The summed E-state index contributed by atoms with van der Waals surface area (Å²) in [7, 11) is 0. The summed E-state index contributed by atoms with van der Waals surface area (Å²) >= 11 is 0. The lowest BCUT2D eigenvalue weighted by atomic mass is 10.3. The number of aliphatic hydroxyl groups is 2. The Morgan fingerprint density at radius 2 is 1.73 bits per heavy atom. The van der Waals surface area contributed by atoms with Crippen molar-refractivity contribution in [2.24, 2.45) is 0 Å². The van der Waals surface area contributed by atoms with Crippen molar-refractivity contribution in [3.8, 4) is 17.2 Å². The summed E-state index contributed by atoms with van der Waals surface area (Å²) in [6.07, 6.45) is -0.622. The van der Waals surface area contributed by atoms with Gasteiger partial charge in [0.15, 0.2) is 11.5 Å². The normalized spacial score (nSPS) is 23.7. The molecular weight excluding hydrogens is 292 g/mol. The van der Waals surface area contributed by atoms with E-state index in [0.717, 1.165) is 6.61 Å². The maximum atomic E-state index is 9.37. The number of ether oxygens (including phenoxy) is 5. The molecule has 2 saturated heterocycles. The van der Waals surface area contributed by atoms with Gasteiger partial charge in [0.1, 0.15) is 43.9 Å². The largest absolute Gasteiger partial charge is 0.491 e. The van der Waals surface area contributed by atoms with Crippen molar-refractivity contribution < 1.29 is 33.9 Å². The average molecular weight is 312 g/mol. The van der Waals surface area contributed by atoms with Crippen molar-refractivity contribution in [1.82, 2.24) is 0 Å². The van der Waals surface area contributed by atoms with Gasteiger partial charge in [-0.15, -0.1) is 0 Å². The van der Waals surface area contributed by atoms with Gasteiger partial charge in [0.2, 0.25) is 0 Å². The molecule has 2 aliphatic heterocycles. The lowest BCUT2D eigenvalue weighted by Gasteiger charge is -2.15. The fraction of sp³-hybridized carbons (Fsp3) is 0.600. The molecule has 0 radical (unpaired) electrons. The Bertz CT molecular complexity index is 485. The molecule has 2 heterocycles. The molecule has 0 saturated carbocycles. The van der Waals surface area contributed by atoms with Crippen molar-refractivity contribution in [3.63, 3.8) is 0 Å². The molecule has 3 atom stereocenters. The third-order valence-corrected chi connectivity index (χ3v) is 3.22. The van der Waals surface area contributed by atoms with Crippen LogP contribution in [-0.4, -0.2) is 68.2 Å². The summed E-state index contributed by atoms with van der Waals surface area (Å²) in [5, 5.41) is 18.2. The highest BCUT2D eigenvalue weighted by atomic mass is 16.6. The van der Waals surface area contributed by atoms with Crippen LogP contribution < -0.4 is 14.2 Å². The fourth-order valence-electron chi connectivity index (χ4n) is 1.75. The van der Waals surface area contributed by atoms with Crippen molar-refractivity contribution >= 4 is 0 Å². The predicted molar refractivity (Wildman–Crippen MR) is 75.5 cm³/mol. The minimum atomic E-state index is -0.928. The fourth-order valence-corrected chi connectivity index (χ4v) is 1.75. The summed E-state index contributed by atoms with van der Waals surface area (Å²) in [5.74, 6) is 1.68. The summed E-state index contributed by atoms with van der Waals surface area (Å²) in [5.41, 5.74) is 0. The zero-order valence-corrected chi connectivity index (χ0v) is 12.1. The number of benzene rings is 1. The van der Waals surface area contributed by atoms with Gasteiger partial charge in [0.25, 0.3) is 0 Å². The van der Waals surface area contributed by atoms with E-state index in [-0.39, 0.29) is 25.4 Å². The van der Waals surface area contributed by atoms with Gasteiger partial charge in [-0.25, -0.2) is 0 Å². The summed E-state index contributed by atoms with van der Waals surface area (Å²) in [6, 6.07) is 5.23. The minimum Gasteiger partial charge on any atom is -0.491 e. The van der Waals surface area contributed by atoms with Gasteiger partial charge in [0.05, 0.1) is 19.8 Å². The molecule has 3 unspecified atom stereocenters. The topological polar surface area (TPSA) is 93.2 Å². The highest BCUT2D eigenvalue weighted by molar-refractivity contribution is 5.45. The molecule has 1 aromatic carbocycles. The van der Waals surface area contributed by atoms with Crippen LogP contribution in [0.15, 0.2) is 18.2 Å². The Balaban J connectivity index is 1.61. The highest BCUT2D eigenvalue weighted by Gasteiger charge is 2.25. The van der Waals surface area contributed by atoms with E-state index in [4.69, 9.17) is 28.8 Å².